The van der Waals surface area contributed by atoms with E-state index in [0.717, 1.165) is 16.9 Å². The molecule has 0 spiro atoms. The number of halogens is 2. The number of hydrogen-bond acceptors (Lipinski definition) is 4. The fourth-order valence-corrected chi connectivity index (χ4v) is 2.97. The molecule has 3 N–H and O–H groups in total. The summed E-state index contributed by atoms with van der Waals surface area (Å²) in [6.07, 6.45) is 0. The highest BCUT2D eigenvalue weighted by Crippen LogP contribution is 2.30. The number of anilines is 2. The molecular formula is C16H11ClFN3OS. The Bertz CT molecular complexity index is 867. The van der Waals surface area contributed by atoms with Crippen LogP contribution in [0.2, 0.25) is 5.02 Å². The maximum absolute atomic E-state index is 13.2. The summed E-state index contributed by atoms with van der Waals surface area (Å²) in [5, 5.41) is 2.91. The van der Waals surface area contributed by atoms with Gasteiger partial charge in [-0.15, -0.1) is 0 Å². The maximum Gasteiger partial charge on any atom is 0.268 e. The Balaban J connectivity index is 1.92. The molecule has 0 aliphatic heterocycles. The van der Waals surface area contributed by atoms with E-state index in [-0.39, 0.29) is 10.9 Å². The summed E-state index contributed by atoms with van der Waals surface area (Å²) in [4.78, 5) is 17.1. The molecule has 0 saturated carbocycles. The van der Waals surface area contributed by atoms with Crippen LogP contribution in [0, 0.1) is 5.82 Å². The summed E-state index contributed by atoms with van der Waals surface area (Å²) >= 11 is 6.81. The summed E-state index contributed by atoms with van der Waals surface area (Å²) in [5.41, 5.74) is 7.45. The quantitative estimate of drug-likeness (QED) is 0.736. The van der Waals surface area contributed by atoms with E-state index in [1.54, 1.807) is 0 Å². The average molecular weight is 348 g/mol. The number of thiazole rings is 1. The van der Waals surface area contributed by atoms with Gasteiger partial charge in [0.25, 0.3) is 5.91 Å². The topological polar surface area (TPSA) is 68.0 Å². The Morgan fingerprint density at radius 3 is 2.65 bits per heavy atom. The van der Waals surface area contributed by atoms with Crippen molar-refractivity contribution >= 4 is 39.7 Å². The largest absolute Gasteiger partial charge is 0.375 e. The van der Waals surface area contributed by atoms with Gasteiger partial charge in [0, 0.05) is 11.3 Å². The number of rotatable bonds is 3. The maximum atomic E-state index is 13.2. The molecule has 0 aliphatic rings. The highest BCUT2D eigenvalue weighted by Gasteiger charge is 2.19. The van der Waals surface area contributed by atoms with Crippen LogP contribution in [-0.2, 0) is 0 Å². The summed E-state index contributed by atoms with van der Waals surface area (Å²) in [6, 6.07) is 13.3. The monoisotopic (exact) mass is 347 g/mol. The molecule has 3 aromatic rings. The lowest BCUT2D eigenvalue weighted by molar-refractivity contribution is 0.103. The molecule has 0 atom stereocenters. The van der Waals surface area contributed by atoms with Crippen LogP contribution in [-0.4, -0.2) is 10.9 Å². The molecule has 7 heteroatoms. The van der Waals surface area contributed by atoms with E-state index in [4.69, 9.17) is 17.3 Å². The van der Waals surface area contributed by atoms with Gasteiger partial charge in [0.15, 0.2) is 5.13 Å². The third-order valence-electron chi connectivity index (χ3n) is 3.07. The fourth-order valence-electron chi connectivity index (χ4n) is 2.04. The number of amides is 1. The molecule has 1 heterocycles. The lowest BCUT2D eigenvalue weighted by Crippen LogP contribution is -2.11. The van der Waals surface area contributed by atoms with Crippen LogP contribution in [0.5, 0.6) is 0 Å². The van der Waals surface area contributed by atoms with E-state index in [1.807, 2.05) is 30.3 Å². The van der Waals surface area contributed by atoms with Crippen molar-refractivity contribution in [3.63, 3.8) is 0 Å². The Labute approximate surface area is 140 Å². The Morgan fingerprint density at radius 1 is 1.22 bits per heavy atom. The van der Waals surface area contributed by atoms with E-state index >= 15 is 0 Å². The Hall–Kier alpha value is -2.44. The highest BCUT2D eigenvalue weighted by atomic mass is 35.5. The minimum atomic E-state index is -0.545. The Kier molecular flexibility index (Phi) is 4.27. The molecule has 3 rings (SSSR count). The minimum Gasteiger partial charge on any atom is -0.375 e. The van der Waals surface area contributed by atoms with Crippen LogP contribution in [0.3, 0.4) is 0 Å². The third-order valence-corrected chi connectivity index (χ3v) is 4.25. The number of nitrogens with one attached hydrogen (secondary N) is 1. The van der Waals surface area contributed by atoms with Crippen molar-refractivity contribution in [1.29, 1.82) is 0 Å². The van der Waals surface area contributed by atoms with Crippen molar-refractivity contribution in [2.24, 2.45) is 0 Å². The van der Waals surface area contributed by atoms with E-state index < -0.39 is 5.82 Å². The van der Waals surface area contributed by atoms with Crippen LogP contribution in [0.1, 0.15) is 9.67 Å². The average Bonchev–Trinajstić information content (AvgIpc) is 2.94. The minimum absolute atomic E-state index is 0.0603. The van der Waals surface area contributed by atoms with Crippen LogP contribution < -0.4 is 11.1 Å². The summed E-state index contributed by atoms with van der Waals surface area (Å²) in [6.45, 7) is 0. The molecule has 0 fully saturated rings. The number of nitrogens with two attached hydrogens (primary N) is 1. The Morgan fingerprint density at radius 2 is 1.96 bits per heavy atom. The molecule has 1 aromatic heterocycles. The van der Waals surface area contributed by atoms with Crippen molar-refractivity contribution in [3.05, 3.63) is 64.2 Å². The van der Waals surface area contributed by atoms with Gasteiger partial charge in [0.2, 0.25) is 0 Å². The molecule has 0 radical (unpaired) electrons. The van der Waals surface area contributed by atoms with Gasteiger partial charge in [-0.1, -0.05) is 53.3 Å². The van der Waals surface area contributed by atoms with Crippen LogP contribution in [0.15, 0.2) is 48.5 Å². The van der Waals surface area contributed by atoms with Crippen LogP contribution in [0.25, 0.3) is 11.3 Å². The van der Waals surface area contributed by atoms with Crippen molar-refractivity contribution in [1.82, 2.24) is 4.98 Å². The van der Waals surface area contributed by atoms with Crippen molar-refractivity contribution in [2.45, 2.75) is 0 Å². The van der Waals surface area contributed by atoms with Crippen LogP contribution >= 0.6 is 22.9 Å². The molecule has 0 saturated heterocycles. The number of benzene rings is 2. The zero-order valence-corrected chi connectivity index (χ0v) is 13.3. The molecule has 0 unspecified atom stereocenters. The fraction of sp³-hybridized carbons (Fsp3) is 0. The molecule has 4 nitrogen and oxygen atoms in total. The lowest BCUT2D eigenvalue weighted by Gasteiger charge is -2.06. The van der Waals surface area contributed by atoms with Gasteiger partial charge in [-0.05, 0) is 18.2 Å². The van der Waals surface area contributed by atoms with E-state index in [9.17, 15) is 9.18 Å². The highest BCUT2D eigenvalue weighted by molar-refractivity contribution is 7.17. The second kappa shape index (κ2) is 6.36. The molecule has 0 bridgehead atoms. The van der Waals surface area contributed by atoms with Crippen molar-refractivity contribution in [3.8, 4) is 11.3 Å². The number of nitrogen functional groups attached to an aromatic ring is 1. The molecule has 1 amide bonds. The van der Waals surface area contributed by atoms with E-state index in [1.165, 1.54) is 18.2 Å². The number of carbonyl (C=O) groups excluding carboxylic acids is 1. The predicted molar refractivity (Wildman–Crippen MR) is 91.3 cm³/mol. The van der Waals surface area contributed by atoms with Crippen LogP contribution in [0.4, 0.5) is 15.2 Å². The number of hydrogen-bond donors (Lipinski definition) is 2. The molecule has 116 valence electrons. The number of carbonyl (C=O) groups is 1. The first kappa shape index (κ1) is 15.5. The van der Waals surface area contributed by atoms with Gasteiger partial charge in [0.05, 0.1) is 10.7 Å². The van der Waals surface area contributed by atoms with Crippen molar-refractivity contribution in [2.75, 3.05) is 11.1 Å². The lowest BCUT2D eigenvalue weighted by atomic mass is 10.1. The van der Waals surface area contributed by atoms with Gasteiger partial charge >= 0.3 is 0 Å². The second-order valence-corrected chi connectivity index (χ2v) is 6.12. The molecule has 2 aromatic carbocycles. The molecular weight excluding hydrogens is 337 g/mol. The number of aromatic nitrogens is 1. The first-order valence-electron chi connectivity index (χ1n) is 6.62. The standard InChI is InChI=1S/C16H11ClFN3OS/c17-11-8-10(6-7-12(11)18)20-15(22)14-13(21-16(19)23-14)9-4-2-1-3-5-9/h1-8H,(H2,19,21)(H,20,22). The third kappa shape index (κ3) is 3.33. The van der Waals surface area contributed by atoms with Gasteiger partial charge in [-0.3, -0.25) is 4.79 Å². The zero-order valence-electron chi connectivity index (χ0n) is 11.7. The molecule has 23 heavy (non-hydrogen) atoms. The summed E-state index contributed by atoms with van der Waals surface area (Å²) in [5.74, 6) is -0.919. The first-order valence-corrected chi connectivity index (χ1v) is 7.82. The van der Waals surface area contributed by atoms with Gasteiger partial charge in [-0.2, -0.15) is 0 Å². The van der Waals surface area contributed by atoms with Gasteiger partial charge in [-0.25, -0.2) is 9.37 Å². The smallest absolute Gasteiger partial charge is 0.268 e. The second-order valence-electron chi connectivity index (χ2n) is 4.68. The SMILES string of the molecule is Nc1nc(-c2ccccc2)c(C(=O)Nc2ccc(F)c(Cl)c2)s1. The zero-order chi connectivity index (χ0) is 16.4. The van der Waals surface area contributed by atoms with Gasteiger partial charge < -0.3 is 11.1 Å². The summed E-state index contributed by atoms with van der Waals surface area (Å²) < 4.78 is 13.2. The first-order chi connectivity index (χ1) is 11.0. The summed E-state index contributed by atoms with van der Waals surface area (Å²) in [7, 11) is 0. The molecule has 0 aliphatic carbocycles. The predicted octanol–water partition coefficient (Wildman–Crippen LogP) is 4.44. The number of nitrogens with zero attached hydrogens (tertiary/aromatic N) is 1. The van der Waals surface area contributed by atoms with Crippen molar-refractivity contribution < 1.29 is 9.18 Å². The van der Waals surface area contributed by atoms with E-state index in [2.05, 4.69) is 10.3 Å². The van der Waals surface area contributed by atoms with Gasteiger partial charge in [0.1, 0.15) is 10.7 Å². The van der Waals surface area contributed by atoms with E-state index in [0.29, 0.717) is 21.4 Å². The normalized spacial score (nSPS) is 10.5.